The number of imidazole rings is 1. The molecule has 1 heterocycles. The van der Waals surface area contributed by atoms with E-state index in [0.29, 0.717) is 11.7 Å². The molecular weight excluding hydrogens is 126 g/mol. The second-order valence-corrected chi connectivity index (χ2v) is 2.46. The fourth-order valence-corrected chi connectivity index (χ4v) is 0.703. The van der Waals surface area contributed by atoms with E-state index in [9.17, 15) is 0 Å². The third-order valence-corrected chi connectivity index (χ3v) is 1.29. The summed E-state index contributed by atoms with van der Waals surface area (Å²) in [6, 6.07) is 0. The Bertz CT molecular complexity index is 225. The minimum absolute atomic E-state index is 0.426. The van der Waals surface area contributed by atoms with E-state index < -0.39 is 0 Å². The number of aromatic amines is 1. The molecule has 3 heteroatoms. The zero-order valence-electron chi connectivity index (χ0n) is 6.26. The van der Waals surface area contributed by atoms with E-state index in [1.165, 1.54) is 0 Å². The topological polar surface area (TPSA) is 41.0 Å². The molecule has 0 aromatic carbocycles. The molecule has 1 rings (SSSR count). The highest BCUT2D eigenvalue weighted by Crippen LogP contribution is 2.13. The zero-order chi connectivity index (χ0) is 7.56. The van der Waals surface area contributed by atoms with Crippen LogP contribution in [-0.2, 0) is 0 Å². The summed E-state index contributed by atoms with van der Waals surface area (Å²) in [4.78, 5) is 10.8. The normalized spacial score (nSPS) is 10.3. The Morgan fingerprint density at radius 3 is 2.70 bits per heavy atom. The average molecular weight is 137 g/mol. The first-order chi connectivity index (χ1) is 4.74. The van der Waals surface area contributed by atoms with Crippen LogP contribution in [0.3, 0.4) is 0 Å². The van der Waals surface area contributed by atoms with Gasteiger partial charge in [-0.1, -0.05) is 13.8 Å². The summed E-state index contributed by atoms with van der Waals surface area (Å²) < 4.78 is 0. The maximum atomic E-state index is 4.14. The molecular formula is C7H11N3. The number of nitrogens with one attached hydrogen (secondary N) is 1. The fourth-order valence-electron chi connectivity index (χ4n) is 0.703. The molecule has 0 spiro atoms. The first-order valence-corrected chi connectivity index (χ1v) is 3.26. The highest BCUT2D eigenvalue weighted by atomic mass is 15.0. The van der Waals surface area contributed by atoms with Crippen LogP contribution in [0.1, 0.15) is 25.6 Å². The van der Waals surface area contributed by atoms with Gasteiger partial charge in [0.25, 0.3) is 0 Å². The number of hydrogen-bond donors (Lipinski definition) is 1. The summed E-state index contributed by atoms with van der Waals surface area (Å²) >= 11 is 0. The molecule has 1 aromatic rings. The van der Waals surface area contributed by atoms with Crippen LogP contribution in [0.2, 0.25) is 0 Å². The Morgan fingerprint density at radius 2 is 2.40 bits per heavy atom. The van der Waals surface area contributed by atoms with E-state index >= 15 is 0 Å². The van der Waals surface area contributed by atoms with Gasteiger partial charge in [0.2, 0.25) is 0 Å². The molecule has 0 amide bonds. The number of nitrogens with zero attached hydrogens (tertiary/aromatic N) is 2. The van der Waals surface area contributed by atoms with Crippen molar-refractivity contribution >= 4 is 12.5 Å². The van der Waals surface area contributed by atoms with E-state index in [4.69, 9.17) is 0 Å². The number of rotatable bonds is 2. The highest BCUT2D eigenvalue weighted by Gasteiger charge is 2.01. The van der Waals surface area contributed by atoms with Gasteiger partial charge >= 0.3 is 0 Å². The molecule has 0 bridgehead atoms. The summed E-state index contributed by atoms with van der Waals surface area (Å²) in [5.74, 6) is 2.06. The highest BCUT2D eigenvalue weighted by molar-refractivity contribution is 5.38. The lowest BCUT2D eigenvalue weighted by molar-refractivity contribution is 0.794. The van der Waals surface area contributed by atoms with Crippen LogP contribution in [-0.4, -0.2) is 16.7 Å². The Balaban J connectivity index is 2.88. The van der Waals surface area contributed by atoms with Crippen LogP contribution in [0.5, 0.6) is 0 Å². The van der Waals surface area contributed by atoms with Crippen LogP contribution in [0.25, 0.3) is 0 Å². The van der Waals surface area contributed by atoms with Gasteiger partial charge < -0.3 is 4.98 Å². The van der Waals surface area contributed by atoms with Crippen LogP contribution >= 0.6 is 0 Å². The first-order valence-electron chi connectivity index (χ1n) is 3.26. The third kappa shape index (κ3) is 1.23. The molecule has 0 saturated carbocycles. The van der Waals surface area contributed by atoms with Crippen LogP contribution in [0, 0.1) is 0 Å². The van der Waals surface area contributed by atoms with Crippen molar-refractivity contribution in [2.75, 3.05) is 0 Å². The minimum atomic E-state index is 0.426. The first kappa shape index (κ1) is 6.99. The van der Waals surface area contributed by atoms with Gasteiger partial charge in [-0.15, -0.1) is 0 Å². The molecule has 3 nitrogen and oxygen atoms in total. The van der Waals surface area contributed by atoms with Gasteiger partial charge in [0, 0.05) is 12.1 Å². The molecule has 1 N–H and O–H groups in total. The number of H-pyrrole nitrogens is 1. The lowest BCUT2D eigenvalue weighted by Gasteiger charge is -1.95. The second-order valence-electron chi connectivity index (χ2n) is 2.46. The van der Waals surface area contributed by atoms with Gasteiger partial charge in [0.05, 0.1) is 0 Å². The maximum Gasteiger partial charge on any atom is 0.169 e. The van der Waals surface area contributed by atoms with Crippen LogP contribution in [0.4, 0.5) is 5.82 Å². The van der Waals surface area contributed by atoms with Crippen molar-refractivity contribution in [2.24, 2.45) is 4.99 Å². The second kappa shape index (κ2) is 2.64. The van der Waals surface area contributed by atoms with Crippen molar-refractivity contribution in [3.63, 3.8) is 0 Å². The third-order valence-electron chi connectivity index (χ3n) is 1.29. The van der Waals surface area contributed by atoms with Gasteiger partial charge in [-0.2, -0.15) is 0 Å². The summed E-state index contributed by atoms with van der Waals surface area (Å²) in [5.41, 5.74) is 0. The summed E-state index contributed by atoms with van der Waals surface area (Å²) in [7, 11) is 0. The van der Waals surface area contributed by atoms with Gasteiger partial charge in [0.1, 0.15) is 5.82 Å². The molecule has 0 aliphatic rings. The SMILES string of the molecule is C=Nc1c[nH]c(C(C)C)n1. The Kier molecular flexibility index (Phi) is 1.85. The lowest BCUT2D eigenvalue weighted by atomic mass is 10.2. The van der Waals surface area contributed by atoms with E-state index in [2.05, 4.69) is 35.5 Å². The lowest BCUT2D eigenvalue weighted by Crippen LogP contribution is -1.88. The van der Waals surface area contributed by atoms with Gasteiger partial charge in [-0.3, -0.25) is 0 Å². The summed E-state index contributed by atoms with van der Waals surface area (Å²) in [5, 5.41) is 0. The molecule has 0 atom stereocenters. The fraction of sp³-hybridized carbons (Fsp3) is 0.429. The van der Waals surface area contributed by atoms with Gasteiger partial charge in [0.15, 0.2) is 5.82 Å². The maximum absolute atomic E-state index is 4.14. The van der Waals surface area contributed by atoms with E-state index in [1.807, 2.05) is 0 Å². The standard InChI is InChI=1S/C7H11N3/c1-5(2)7-9-4-6(8-3)10-7/h4-5H,3H2,1-2H3,(H,9,10). The van der Waals surface area contributed by atoms with E-state index in [0.717, 1.165) is 5.82 Å². The van der Waals surface area contributed by atoms with Crippen LogP contribution < -0.4 is 0 Å². The number of aromatic nitrogens is 2. The Labute approximate surface area is 60.2 Å². The smallest absolute Gasteiger partial charge is 0.169 e. The van der Waals surface area contributed by atoms with Gasteiger partial charge in [-0.05, 0) is 6.72 Å². The van der Waals surface area contributed by atoms with E-state index in [-0.39, 0.29) is 0 Å². The molecule has 0 radical (unpaired) electrons. The molecule has 1 aromatic heterocycles. The average Bonchev–Trinajstić information content (AvgIpc) is 2.34. The van der Waals surface area contributed by atoms with Crippen molar-refractivity contribution in [3.8, 4) is 0 Å². The van der Waals surface area contributed by atoms with Crippen molar-refractivity contribution in [2.45, 2.75) is 19.8 Å². The summed E-state index contributed by atoms with van der Waals surface area (Å²) in [6.07, 6.45) is 1.75. The predicted octanol–water partition coefficient (Wildman–Crippen LogP) is 1.87. The molecule has 0 aliphatic carbocycles. The van der Waals surface area contributed by atoms with Crippen LogP contribution in [0.15, 0.2) is 11.2 Å². The zero-order valence-corrected chi connectivity index (χ0v) is 6.26. The predicted molar refractivity (Wildman–Crippen MR) is 41.9 cm³/mol. The summed E-state index contributed by atoms with van der Waals surface area (Å²) in [6.45, 7) is 7.52. The molecule has 54 valence electrons. The van der Waals surface area contributed by atoms with Crippen molar-refractivity contribution in [1.29, 1.82) is 0 Å². The molecule has 0 saturated heterocycles. The van der Waals surface area contributed by atoms with Crippen molar-refractivity contribution < 1.29 is 0 Å². The van der Waals surface area contributed by atoms with Crippen molar-refractivity contribution in [3.05, 3.63) is 12.0 Å². The van der Waals surface area contributed by atoms with Gasteiger partial charge in [-0.25, -0.2) is 9.98 Å². The Morgan fingerprint density at radius 1 is 1.70 bits per heavy atom. The quantitative estimate of drug-likeness (QED) is 0.621. The molecule has 10 heavy (non-hydrogen) atoms. The van der Waals surface area contributed by atoms with Crippen molar-refractivity contribution in [1.82, 2.24) is 9.97 Å². The molecule has 0 unspecified atom stereocenters. The Hall–Kier alpha value is -1.12. The van der Waals surface area contributed by atoms with E-state index in [1.54, 1.807) is 6.20 Å². The minimum Gasteiger partial charge on any atom is -0.346 e. The number of hydrogen-bond acceptors (Lipinski definition) is 2. The molecule has 0 fully saturated rings. The number of aliphatic imine (C=N–C) groups is 1. The molecule has 0 aliphatic heterocycles. The largest absolute Gasteiger partial charge is 0.346 e. The monoisotopic (exact) mass is 137 g/mol.